The Labute approximate surface area is 202 Å². The van der Waals surface area contributed by atoms with Crippen LogP contribution in [0.5, 0.6) is 0 Å². The van der Waals surface area contributed by atoms with Gasteiger partial charge in [-0.25, -0.2) is 9.98 Å². The van der Waals surface area contributed by atoms with E-state index in [0.29, 0.717) is 14.8 Å². The van der Waals surface area contributed by atoms with Crippen molar-refractivity contribution < 1.29 is 4.79 Å². The number of fused-ring (bicyclic) bond motifs is 1. The van der Waals surface area contributed by atoms with Gasteiger partial charge in [-0.15, -0.1) is 0 Å². The second-order valence-corrected chi connectivity index (χ2v) is 10.5. The summed E-state index contributed by atoms with van der Waals surface area (Å²) >= 11 is 7.46. The van der Waals surface area contributed by atoms with E-state index in [-0.39, 0.29) is 34.8 Å². The second kappa shape index (κ2) is 8.34. The van der Waals surface area contributed by atoms with Crippen molar-refractivity contribution in [1.29, 1.82) is 0 Å². The van der Waals surface area contributed by atoms with E-state index in [1.807, 2.05) is 6.92 Å². The highest BCUT2D eigenvalue weighted by Crippen LogP contribution is 2.51. The Morgan fingerprint density at radius 1 is 1.18 bits per heavy atom. The number of rotatable bonds is 2. The van der Waals surface area contributed by atoms with Gasteiger partial charge < -0.3 is 22.1 Å². The number of likely N-dealkylation sites (tertiary alicyclic amines) is 1. The van der Waals surface area contributed by atoms with Crippen molar-refractivity contribution in [3.05, 3.63) is 63.4 Å². The quantitative estimate of drug-likeness (QED) is 0.598. The zero-order valence-corrected chi connectivity index (χ0v) is 20.0. The number of piperidine rings is 1. The minimum atomic E-state index is -0.388. The van der Waals surface area contributed by atoms with Crippen molar-refractivity contribution in [3.63, 3.8) is 0 Å². The number of Topliss-reactive ketones (excluding diaryl/α,β-unsaturated/α-hetero) is 1. The van der Waals surface area contributed by atoms with E-state index in [1.165, 1.54) is 22.9 Å². The third-order valence-corrected chi connectivity index (χ3v) is 8.92. The van der Waals surface area contributed by atoms with E-state index in [0.717, 1.165) is 38.2 Å². The lowest BCUT2D eigenvalue weighted by atomic mass is 9.73. The van der Waals surface area contributed by atoms with Crippen LogP contribution in [0.2, 0.25) is 5.02 Å². The number of carbonyl (C=O) groups excluding carboxylic acids is 1. The fourth-order valence-corrected chi connectivity index (χ4v) is 6.47. The number of nitrogens with zero attached hydrogens (tertiary/aromatic N) is 3. The molecule has 3 aliphatic rings. The van der Waals surface area contributed by atoms with Gasteiger partial charge in [-0.3, -0.25) is 4.79 Å². The molecule has 1 aromatic carbocycles. The van der Waals surface area contributed by atoms with E-state index in [1.54, 1.807) is 12.3 Å². The Morgan fingerprint density at radius 3 is 2.64 bits per heavy atom. The Kier molecular flexibility index (Phi) is 5.63. The second-order valence-electron chi connectivity index (χ2n) is 9.08. The normalized spacial score (nSPS) is 24.3. The number of halogens is 1. The molecule has 1 aliphatic carbocycles. The van der Waals surface area contributed by atoms with Crippen LogP contribution >= 0.6 is 23.4 Å². The van der Waals surface area contributed by atoms with Crippen LogP contribution < -0.4 is 17.2 Å². The highest BCUT2D eigenvalue weighted by atomic mass is 35.5. The Balaban J connectivity index is 1.35. The van der Waals surface area contributed by atoms with Gasteiger partial charge >= 0.3 is 0 Å². The number of amidine groups is 1. The van der Waals surface area contributed by atoms with Crippen LogP contribution in [0.3, 0.4) is 0 Å². The lowest BCUT2D eigenvalue weighted by Gasteiger charge is -2.44. The number of hydrogen-bond acceptors (Lipinski definition) is 8. The SMILES string of the molecule is C[C@@H]1C(=O)C(Sc2ccnc(N)c2Cl)=C(N)N=C1N1CCC2(CC1)Cc1ccccc1C2N. The topological polar surface area (TPSA) is 124 Å². The molecule has 1 unspecified atom stereocenters. The Hall–Kier alpha value is -2.55. The number of carbonyl (C=O) groups is 1. The molecule has 2 aromatic rings. The minimum absolute atomic E-state index is 0.0497. The fraction of sp³-hybridized carbons (Fsp3) is 0.375. The maximum atomic E-state index is 13.3. The van der Waals surface area contributed by atoms with Crippen molar-refractivity contribution in [3.8, 4) is 0 Å². The van der Waals surface area contributed by atoms with Gasteiger partial charge in [0, 0.05) is 30.2 Å². The number of benzene rings is 1. The molecule has 1 spiro atoms. The molecule has 33 heavy (non-hydrogen) atoms. The van der Waals surface area contributed by atoms with Gasteiger partial charge in [0.25, 0.3) is 0 Å². The van der Waals surface area contributed by atoms with E-state index in [2.05, 4.69) is 39.1 Å². The van der Waals surface area contributed by atoms with Crippen molar-refractivity contribution in [1.82, 2.24) is 9.88 Å². The van der Waals surface area contributed by atoms with E-state index < -0.39 is 0 Å². The van der Waals surface area contributed by atoms with Crippen LogP contribution in [0.25, 0.3) is 0 Å². The summed E-state index contributed by atoms with van der Waals surface area (Å²) in [5, 5.41) is 0.313. The van der Waals surface area contributed by atoms with Crippen LogP contribution in [0.4, 0.5) is 5.82 Å². The van der Waals surface area contributed by atoms with Crippen LogP contribution in [0, 0.1) is 11.3 Å². The summed E-state index contributed by atoms with van der Waals surface area (Å²) in [5.74, 6) is 0.729. The number of hydrogen-bond donors (Lipinski definition) is 3. The first-order valence-electron chi connectivity index (χ1n) is 11.1. The number of pyridine rings is 1. The molecule has 9 heteroatoms. The van der Waals surface area contributed by atoms with Gasteiger partial charge in [-0.05, 0) is 48.8 Å². The van der Waals surface area contributed by atoms with Crippen molar-refractivity contribution in [2.75, 3.05) is 18.8 Å². The summed E-state index contributed by atoms with van der Waals surface area (Å²) < 4.78 is 0. The Morgan fingerprint density at radius 2 is 1.91 bits per heavy atom. The molecule has 1 fully saturated rings. The lowest BCUT2D eigenvalue weighted by Crippen LogP contribution is -2.49. The zero-order valence-electron chi connectivity index (χ0n) is 18.4. The molecule has 1 aromatic heterocycles. The summed E-state index contributed by atoms with van der Waals surface area (Å²) in [6.07, 6.45) is 4.49. The lowest BCUT2D eigenvalue weighted by molar-refractivity contribution is -0.116. The molecule has 7 nitrogen and oxygen atoms in total. The number of nitrogen functional groups attached to an aromatic ring is 1. The number of anilines is 1. The summed E-state index contributed by atoms with van der Waals surface area (Å²) in [5.41, 5.74) is 21.5. The monoisotopic (exact) mass is 482 g/mol. The highest BCUT2D eigenvalue weighted by Gasteiger charge is 2.47. The zero-order chi connectivity index (χ0) is 23.3. The molecule has 0 saturated carbocycles. The summed E-state index contributed by atoms with van der Waals surface area (Å²) in [6, 6.07) is 10.3. The maximum Gasteiger partial charge on any atom is 0.183 e. The Bertz CT molecular complexity index is 1190. The van der Waals surface area contributed by atoms with Crippen LogP contribution in [0.1, 0.15) is 36.9 Å². The summed E-state index contributed by atoms with van der Waals surface area (Å²) in [6.45, 7) is 3.50. The highest BCUT2D eigenvalue weighted by molar-refractivity contribution is 8.04. The first kappa shape index (κ1) is 22.3. The number of aromatic nitrogens is 1. The molecule has 0 radical (unpaired) electrons. The van der Waals surface area contributed by atoms with E-state index in [9.17, 15) is 4.79 Å². The number of allylic oxidation sites excluding steroid dienone is 1. The average molecular weight is 483 g/mol. The molecule has 0 amide bonds. The van der Waals surface area contributed by atoms with E-state index >= 15 is 0 Å². The number of ketones is 1. The molecular weight excluding hydrogens is 456 g/mol. The smallest absolute Gasteiger partial charge is 0.183 e. The number of aliphatic imine (C=N–C) groups is 1. The van der Waals surface area contributed by atoms with Gasteiger partial charge in [0.1, 0.15) is 17.5 Å². The third-order valence-electron chi connectivity index (χ3n) is 7.24. The molecule has 6 N–H and O–H groups in total. The molecular formula is C24H27ClN6OS. The minimum Gasteiger partial charge on any atom is -0.383 e. The van der Waals surface area contributed by atoms with Crippen LogP contribution in [-0.4, -0.2) is 34.6 Å². The summed E-state index contributed by atoms with van der Waals surface area (Å²) in [7, 11) is 0. The van der Waals surface area contributed by atoms with Crippen molar-refractivity contribution in [2.24, 2.45) is 27.8 Å². The van der Waals surface area contributed by atoms with Gasteiger partial charge in [0.15, 0.2) is 5.78 Å². The summed E-state index contributed by atoms with van der Waals surface area (Å²) in [4.78, 5) is 25.1. The van der Waals surface area contributed by atoms with Crippen LogP contribution in [-0.2, 0) is 11.2 Å². The molecule has 1 saturated heterocycles. The molecule has 5 rings (SSSR count). The largest absolute Gasteiger partial charge is 0.383 e. The molecule has 172 valence electrons. The fourth-order valence-electron chi connectivity index (χ4n) is 5.28. The molecule has 0 bridgehead atoms. The van der Waals surface area contributed by atoms with Gasteiger partial charge in [0.05, 0.1) is 15.8 Å². The molecule has 2 atom stereocenters. The molecule has 3 heterocycles. The van der Waals surface area contributed by atoms with Crippen molar-refractivity contribution >= 4 is 40.8 Å². The standard InChI is InChI=1S/C24H27ClN6OS/c1-13-18(32)19(33-16-6-9-29-21(27)17(16)25)22(28)30-23(13)31-10-7-24(8-11-31)12-14-4-2-3-5-15(14)20(24)26/h2-6,9,13,20H,7-8,10-12,26,28H2,1H3,(H2,27,29)/t13-,20?/m1/s1. The van der Waals surface area contributed by atoms with Gasteiger partial charge in [-0.1, -0.05) is 47.6 Å². The van der Waals surface area contributed by atoms with Crippen molar-refractivity contribution in [2.45, 2.75) is 37.1 Å². The first-order valence-corrected chi connectivity index (χ1v) is 12.3. The number of thioether (sulfide) groups is 1. The maximum absolute atomic E-state index is 13.3. The van der Waals surface area contributed by atoms with Crippen LogP contribution in [0.15, 0.2) is 57.1 Å². The predicted octanol–water partition coefficient (Wildman–Crippen LogP) is 3.49. The van der Waals surface area contributed by atoms with Gasteiger partial charge in [0.2, 0.25) is 0 Å². The number of nitrogens with two attached hydrogens (primary N) is 3. The molecule has 2 aliphatic heterocycles. The van der Waals surface area contributed by atoms with Gasteiger partial charge in [-0.2, -0.15) is 0 Å². The average Bonchev–Trinajstić information content (AvgIpc) is 3.08. The first-order chi connectivity index (χ1) is 15.8. The third kappa shape index (κ3) is 3.70. The van der Waals surface area contributed by atoms with E-state index in [4.69, 9.17) is 28.8 Å². The predicted molar refractivity (Wildman–Crippen MR) is 133 cm³/mol.